The van der Waals surface area contributed by atoms with E-state index in [1.54, 1.807) is 12.1 Å². The van der Waals surface area contributed by atoms with E-state index >= 15 is 0 Å². The van der Waals surface area contributed by atoms with E-state index in [4.69, 9.17) is 4.74 Å². The Hall–Kier alpha value is -3.93. The Balaban J connectivity index is 1.33. The van der Waals surface area contributed by atoms with Crippen molar-refractivity contribution in [2.75, 3.05) is 5.32 Å². The van der Waals surface area contributed by atoms with Crippen molar-refractivity contribution in [2.24, 2.45) is 0 Å². The van der Waals surface area contributed by atoms with Crippen LogP contribution in [-0.4, -0.2) is 20.7 Å². The Labute approximate surface area is 186 Å². The highest BCUT2D eigenvalue weighted by atomic mass is 16.5. The van der Waals surface area contributed by atoms with Gasteiger partial charge in [-0.1, -0.05) is 36.8 Å². The van der Waals surface area contributed by atoms with Crippen LogP contribution >= 0.6 is 0 Å². The first-order valence-corrected chi connectivity index (χ1v) is 10.9. The topological polar surface area (TPSA) is 69.0 Å². The summed E-state index contributed by atoms with van der Waals surface area (Å²) in [6.45, 7) is 0.953. The molecule has 0 unspecified atom stereocenters. The molecule has 0 saturated carbocycles. The Morgan fingerprint density at radius 1 is 0.844 bits per heavy atom. The number of nitrogens with zero attached hydrogens (tertiary/aromatic N) is 3. The third-order valence-corrected chi connectivity index (χ3v) is 5.61. The molecule has 1 aliphatic heterocycles. The van der Waals surface area contributed by atoms with Crippen molar-refractivity contribution in [3.8, 4) is 22.9 Å². The number of ether oxygens (including phenoxy) is 1. The van der Waals surface area contributed by atoms with E-state index in [9.17, 15) is 4.79 Å². The zero-order chi connectivity index (χ0) is 21.8. The summed E-state index contributed by atoms with van der Waals surface area (Å²) in [5.41, 5.74) is 2.18. The molecule has 0 fully saturated rings. The van der Waals surface area contributed by atoms with E-state index in [2.05, 4.69) is 20.1 Å². The number of aryl methyl sites for hydroxylation is 1. The van der Waals surface area contributed by atoms with Gasteiger partial charge in [-0.25, -0.2) is 0 Å². The Morgan fingerprint density at radius 2 is 1.62 bits per heavy atom. The summed E-state index contributed by atoms with van der Waals surface area (Å²) in [5, 5.41) is 11.8. The molecule has 3 aromatic carbocycles. The van der Waals surface area contributed by atoms with Crippen molar-refractivity contribution in [3.05, 3.63) is 90.3 Å². The molecule has 0 radical (unpaired) electrons. The van der Waals surface area contributed by atoms with Crippen molar-refractivity contribution in [1.29, 1.82) is 0 Å². The van der Waals surface area contributed by atoms with Crippen LogP contribution in [0.2, 0.25) is 0 Å². The second kappa shape index (κ2) is 9.06. The maximum atomic E-state index is 13.0. The summed E-state index contributed by atoms with van der Waals surface area (Å²) in [6, 6.07) is 24.4. The molecule has 6 heteroatoms. The first kappa shape index (κ1) is 20.0. The Kier molecular flexibility index (Phi) is 5.66. The quantitative estimate of drug-likeness (QED) is 0.445. The first-order valence-electron chi connectivity index (χ1n) is 10.9. The number of fused-ring (bicyclic) bond motifs is 1. The van der Waals surface area contributed by atoms with Crippen molar-refractivity contribution in [1.82, 2.24) is 14.8 Å². The minimum atomic E-state index is -0.222. The van der Waals surface area contributed by atoms with Gasteiger partial charge in [0.2, 0.25) is 0 Å². The fourth-order valence-electron chi connectivity index (χ4n) is 3.96. The molecule has 6 nitrogen and oxygen atoms in total. The molecule has 0 aliphatic carbocycles. The molecule has 1 N–H and O–H groups in total. The summed E-state index contributed by atoms with van der Waals surface area (Å²) >= 11 is 0. The van der Waals surface area contributed by atoms with Crippen LogP contribution in [0.5, 0.6) is 11.5 Å². The van der Waals surface area contributed by atoms with Crippen LogP contribution in [0.25, 0.3) is 11.4 Å². The molecule has 2 heterocycles. The average molecular weight is 425 g/mol. The number of carbonyl (C=O) groups is 1. The van der Waals surface area contributed by atoms with Crippen molar-refractivity contribution >= 4 is 11.6 Å². The smallest absolute Gasteiger partial charge is 0.259 e. The van der Waals surface area contributed by atoms with E-state index in [0.29, 0.717) is 22.7 Å². The van der Waals surface area contributed by atoms with E-state index < -0.39 is 0 Å². The van der Waals surface area contributed by atoms with Crippen LogP contribution < -0.4 is 10.1 Å². The van der Waals surface area contributed by atoms with Gasteiger partial charge in [-0.2, -0.15) is 0 Å². The van der Waals surface area contributed by atoms with Crippen molar-refractivity contribution in [3.63, 3.8) is 0 Å². The van der Waals surface area contributed by atoms with Crippen LogP contribution in [0.4, 0.5) is 5.69 Å². The third-order valence-electron chi connectivity index (χ3n) is 5.61. The van der Waals surface area contributed by atoms with Crippen molar-refractivity contribution < 1.29 is 9.53 Å². The summed E-state index contributed by atoms with van der Waals surface area (Å²) in [4.78, 5) is 13.0. The molecule has 5 rings (SSSR count). The number of rotatable bonds is 5. The highest BCUT2D eigenvalue weighted by molar-refractivity contribution is 6.06. The molecule has 0 spiro atoms. The molecule has 0 bridgehead atoms. The van der Waals surface area contributed by atoms with Gasteiger partial charge in [0.15, 0.2) is 5.82 Å². The lowest BCUT2D eigenvalue weighted by Crippen LogP contribution is -2.13. The maximum Gasteiger partial charge on any atom is 0.259 e. The van der Waals surface area contributed by atoms with Gasteiger partial charge in [-0.15, -0.1) is 10.2 Å². The zero-order valence-corrected chi connectivity index (χ0v) is 17.7. The van der Waals surface area contributed by atoms with E-state index in [-0.39, 0.29) is 5.91 Å². The lowest BCUT2D eigenvalue weighted by atomic mass is 10.1. The van der Waals surface area contributed by atoms with E-state index in [1.165, 1.54) is 12.8 Å². The fourth-order valence-corrected chi connectivity index (χ4v) is 3.96. The van der Waals surface area contributed by atoms with Gasteiger partial charge < -0.3 is 14.6 Å². The molecule has 160 valence electrons. The highest BCUT2D eigenvalue weighted by Gasteiger charge is 2.17. The number of carbonyl (C=O) groups excluding carboxylic acids is 1. The van der Waals surface area contributed by atoms with Gasteiger partial charge in [-0.05, 0) is 61.4 Å². The zero-order valence-electron chi connectivity index (χ0n) is 17.7. The monoisotopic (exact) mass is 424 g/mol. The summed E-state index contributed by atoms with van der Waals surface area (Å²) in [6.07, 6.45) is 4.52. The maximum absolute atomic E-state index is 13.0. The minimum absolute atomic E-state index is 0.222. The van der Waals surface area contributed by atoms with Crippen LogP contribution in [0.15, 0.2) is 78.9 Å². The average Bonchev–Trinajstić information content (AvgIpc) is 3.08. The van der Waals surface area contributed by atoms with Crippen LogP contribution in [0.1, 0.15) is 35.4 Å². The number of anilines is 1. The van der Waals surface area contributed by atoms with Crippen molar-refractivity contribution in [2.45, 2.75) is 32.2 Å². The minimum Gasteiger partial charge on any atom is -0.457 e. The highest BCUT2D eigenvalue weighted by Crippen LogP contribution is 2.27. The Bertz CT molecular complexity index is 1220. The second-order valence-corrected chi connectivity index (χ2v) is 7.84. The molecular formula is C26H24N4O2. The largest absolute Gasteiger partial charge is 0.457 e. The fraction of sp³-hybridized carbons (Fsp3) is 0.192. The van der Waals surface area contributed by atoms with Gasteiger partial charge in [0.05, 0.1) is 5.56 Å². The van der Waals surface area contributed by atoms with Gasteiger partial charge >= 0.3 is 0 Å². The first-order chi connectivity index (χ1) is 15.8. The normalized spacial score (nSPS) is 13.1. The van der Waals surface area contributed by atoms with E-state index in [0.717, 1.165) is 36.6 Å². The summed E-state index contributed by atoms with van der Waals surface area (Å²) in [5.74, 6) is 2.93. The van der Waals surface area contributed by atoms with Gasteiger partial charge in [0.25, 0.3) is 5.91 Å². The molecule has 1 aliphatic rings. The second-order valence-electron chi connectivity index (χ2n) is 7.84. The number of benzene rings is 3. The third kappa shape index (κ3) is 4.25. The molecule has 1 aromatic heterocycles. The van der Waals surface area contributed by atoms with E-state index in [1.807, 2.05) is 66.7 Å². The molecule has 0 atom stereocenters. The number of hydrogen-bond acceptors (Lipinski definition) is 4. The summed E-state index contributed by atoms with van der Waals surface area (Å²) in [7, 11) is 0. The van der Waals surface area contributed by atoms with Crippen LogP contribution in [0.3, 0.4) is 0 Å². The van der Waals surface area contributed by atoms with Gasteiger partial charge in [0, 0.05) is 24.2 Å². The number of amides is 1. The van der Waals surface area contributed by atoms with Gasteiger partial charge in [-0.3, -0.25) is 4.79 Å². The lowest BCUT2D eigenvalue weighted by molar-refractivity contribution is 0.102. The number of hydrogen-bond donors (Lipinski definition) is 1. The number of nitrogens with one attached hydrogen (secondary N) is 1. The predicted molar refractivity (Wildman–Crippen MR) is 124 cm³/mol. The lowest BCUT2D eigenvalue weighted by Gasteiger charge is -2.12. The SMILES string of the molecule is O=C(Nc1ccc(-c2nnc3n2CCCCC3)cc1)c1ccccc1Oc1ccccc1. The van der Waals surface area contributed by atoms with Gasteiger partial charge in [0.1, 0.15) is 17.3 Å². The molecule has 1 amide bonds. The van der Waals surface area contributed by atoms with Crippen LogP contribution in [0, 0.1) is 0 Å². The standard InChI is InChI=1S/C26H24N4O2/c31-26(22-11-6-7-12-23(22)32-21-9-3-1-4-10-21)27-20-16-14-19(15-17-20)25-29-28-24-13-5-2-8-18-30(24)25/h1,3-4,6-7,9-12,14-17H,2,5,8,13,18H2,(H,27,31). The summed E-state index contributed by atoms with van der Waals surface area (Å²) < 4.78 is 8.14. The van der Waals surface area contributed by atoms with Crippen LogP contribution in [-0.2, 0) is 13.0 Å². The number of aromatic nitrogens is 3. The molecular weight excluding hydrogens is 400 g/mol. The molecule has 32 heavy (non-hydrogen) atoms. The molecule has 0 saturated heterocycles. The number of para-hydroxylation sites is 2. The Morgan fingerprint density at radius 3 is 2.47 bits per heavy atom. The predicted octanol–water partition coefficient (Wildman–Crippen LogP) is 5.72. The molecule has 4 aromatic rings.